The molecule has 0 spiro atoms. The smallest absolute Gasteiger partial charge is 0.275 e. The first-order chi connectivity index (χ1) is 8.13. The Hall–Kier alpha value is -1.16. The SMILES string of the molecule is OCCC(F)(F)c1ccc(N2CCCC2)cc1. The molecule has 1 N–H and O–H groups in total. The van der Waals surface area contributed by atoms with E-state index in [2.05, 4.69) is 4.90 Å². The van der Waals surface area contributed by atoms with Gasteiger partial charge in [-0.1, -0.05) is 12.1 Å². The Morgan fingerprint density at radius 2 is 1.71 bits per heavy atom. The third-order valence-electron chi connectivity index (χ3n) is 3.19. The number of halogens is 2. The summed E-state index contributed by atoms with van der Waals surface area (Å²) in [6.07, 6.45) is 1.82. The van der Waals surface area contributed by atoms with E-state index in [1.807, 2.05) is 0 Å². The van der Waals surface area contributed by atoms with Gasteiger partial charge in [-0.3, -0.25) is 0 Å². The Balaban J connectivity index is 2.12. The number of benzene rings is 1. The van der Waals surface area contributed by atoms with Crippen molar-refractivity contribution in [2.75, 3.05) is 24.6 Å². The Morgan fingerprint density at radius 1 is 1.12 bits per heavy atom. The van der Waals surface area contributed by atoms with Gasteiger partial charge in [0.05, 0.1) is 0 Å². The molecule has 1 aliphatic rings. The number of rotatable bonds is 4. The predicted octanol–water partition coefficient (Wildman–Crippen LogP) is 2.76. The van der Waals surface area contributed by atoms with Gasteiger partial charge < -0.3 is 10.0 Å². The molecule has 17 heavy (non-hydrogen) atoms. The zero-order chi connectivity index (χ0) is 12.3. The number of anilines is 1. The minimum absolute atomic E-state index is 0.0190. The fraction of sp³-hybridized carbons (Fsp3) is 0.538. The number of hydrogen-bond donors (Lipinski definition) is 1. The molecule has 1 aliphatic heterocycles. The van der Waals surface area contributed by atoms with Crippen molar-refractivity contribution >= 4 is 5.69 Å². The van der Waals surface area contributed by atoms with Gasteiger partial charge in [-0.2, -0.15) is 0 Å². The van der Waals surface area contributed by atoms with Crippen LogP contribution in [0.25, 0.3) is 0 Å². The van der Waals surface area contributed by atoms with E-state index in [1.165, 1.54) is 25.0 Å². The largest absolute Gasteiger partial charge is 0.396 e. The van der Waals surface area contributed by atoms with Crippen LogP contribution in [0.15, 0.2) is 24.3 Å². The second-order valence-corrected chi connectivity index (χ2v) is 4.42. The van der Waals surface area contributed by atoms with E-state index in [4.69, 9.17) is 5.11 Å². The highest BCUT2D eigenvalue weighted by atomic mass is 19.3. The lowest BCUT2D eigenvalue weighted by molar-refractivity contribution is -0.0269. The lowest BCUT2D eigenvalue weighted by Gasteiger charge is -2.20. The van der Waals surface area contributed by atoms with Gasteiger partial charge >= 0.3 is 0 Å². The topological polar surface area (TPSA) is 23.5 Å². The molecule has 0 amide bonds. The molecule has 4 heteroatoms. The maximum Gasteiger partial charge on any atom is 0.275 e. The zero-order valence-electron chi connectivity index (χ0n) is 9.70. The third-order valence-corrected chi connectivity index (χ3v) is 3.19. The van der Waals surface area contributed by atoms with Crippen LogP contribution in [0.3, 0.4) is 0 Å². The first-order valence-electron chi connectivity index (χ1n) is 5.98. The van der Waals surface area contributed by atoms with E-state index < -0.39 is 19.0 Å². The van der Waals surface area contributed by atoms with Crippen molar-refractivity contribution in [3.05, 3.63) is 29.8 Å². The summed E-state index contributed by atoms with van der Waals surface area (Å²) in [5.74, 6) is -2.93. The van der Waals surface area contributed by atoms with E-state index in [9.17, 15) is 8.78 Å². The average Bonchev–Trinajstić information content (AvgIpc) is 2.82. The average molecular weight is 241 g/mol. The summed E-state index contributed by atoms with van der Waals surface area (Å²) < 4.78 is 27.0. The van der Waals surface area contributed by atoms with E-state index in [0.717, 1.165) is 18.8 Å². The normalized spacial score (nSPS) is 16.5. The summed E-state index contributed by atoms with van der Waals surface area (Å²) in [5.41, 5.74) is 0.987. The molecule has 0 saturated carbocycles. The fourth-order valence-corrected chi connectivity index (χ4v) is 2.18. The second-order valence-electron chi connectivity index (χ2n) is 4.42. The summed E-state index contributed by atoms with van der Waals surface area (Å²) in [6, 6.07) is 6.41. The van der Waals surface area contributed by atoms with Crippen LogP contribution in [0.2, 0.25) is 0 Å². The predicted molar refractivity (Wildman–Crippen MR) is 63.5 cm³/mol. The molecule has 1 fully saturated rings. The van der Waals surface area contributed by atoms with Crippen LogP contribution in [0.5, 0.6) is 0 Å². The molecule has 1 aromatic carbocycles. The maximum atomic E-state index is 13.5. The summed E-state index contributed by atoms with van der Waals surface area (Å²) in [5, 5.41) is 8.60. The van der Waals surface area contributed by atoms with Crippen LogP contribution in [0, 0.1) is 0 Å². The highest BCUT2D eigenvalue weighted by Crippen LogP contribution is 2.32. The number of hydrogen-bond acceptors (Lipinski definition) is 2. The fourth-order valence-electron chi connectivity index (χ4n) is 2.18. The molecule has 0 atom stereocenters. The van der Waals surface area contributed by atoms with Gasteiger partial charge in [0, 0.05) is 37.4 Å². The van der Waals surface area contributed by atoms with Crippen molar-refractivity contribution in [1.29, 1.82) is 0 Å². The summed E-state index contributed by atoms with van der Waals surface area (Å²) >= 11 is 0. The zero-order valence-corrected chi connectivity index (χ0v) is 9.70. The quantitative estimate of drug-likeness (QED) is 0.876. The van der Waals surface area contributed by atoms with Crippen LogP contribution in [0.4, 0.5) is 14.5 Å². The summed E-state index contributed by atoms with van der Waals surface area (Å²) in [4.78, 5) is 2.20. The lowest BCUT2D eigenvalue weighted by atomic mass is 10.1. The Kier molecular flexibility index (Phi) is 3.62. The first kappa shape index (κ1) is 12.3. The van der Waals surface area contributed by atoms with Gasteiger partial charge in [0.15, 0.2) is 0 Å². The van der Waals surface area contributed by atoms with Crippen LogP contribution in [0.1, 0.15) is 24.8 Å². The summed E-state index contributed by atoms with van der Waals surface area (Å²) in [6.45, 7) is 1.51. The molecule has 0 aromatic heterocycles. The molecule has 0 aliphatic carbocycles. The van der Waals surface area contributed by atoms with Crippen LogP contribution in [-0.4, -0.2) is 24.8 Å². The highest BCUT2D eigenvalue weighted by molar-refractivity contribution is 5.48. The molecule has 0 radical (unpaired) electrons. The number of alkyl halides is 2. The van der Waals surface area contributed by atoms with Crippen molar-refractivity contribution < 1.29 is 13.9 Å². The van der Waals surface area contributed by atoms with Crippen molar-refractivity contribution in [3.63, 3.8) is 0 Å². The molecule has 94 valence electrons. The number of nitrogens with zero attached hydrogens (tertiary/aromatic N) is 1. The molecule has 2 nitrogen and oxygen atoms in total. The molecule has 1 aromatic rings. The van der Waals surface area contributed by atoms with E-state index in [0.29, 0.717) is 0 Å². The van der Waals surface area contributed by atoms with Crippen LogP contribution in [-0.2, 0) is 5.92 Å². The molecule has 0 unspecified atom stereocenters. The Morgan fingerprint density at radius 3 is 2.24 bits per heavy atom. The molecule has 0 bridgehead atoms. The van der Waals surface area contributed by atoms with Gasteiger partial charge in [0.2, 0.25) is 0 Å². The van der Waals surface area contributed by atoms with Gasteiger partial charge in [-0.25, -0.2) is 8.78 Å². The maximum absolute atomic E-state index is 13.5. The van der Waals surface area contributed by atoms with Gasteiger partial charge in [0.1, 0.15) is 0 Å². The highest BCUT2D eigenvalue weighted by Gasteiger charge is 2.30. The van der Waals surface area contributed by atoms with E-state index in [-0.39, 0.29) is 5.56 Å². The third kappa shape index (κ3) is 2.75. The van der Waals surface area contributed by atoms with Gasteiger partial charge in [-0.15, -0.1) is 0 Å². The van der Waals surface area contributed by atoms with Gasteiger partial charge in [-0.05, 0) is 25.0 Å². The number of aliphatic hydroxyl groups excluding tert-OH is 1. The Bertz CT molecular complexity index is 358. The number of aliphatic hydroxyl groups is 1. The summed E-state index contributed by atoms with van der Waals surface area (Å²) in [7, 11) is 0. The molecular formula is C13H17F2NO. The molecule has 2 rings (SSSR count). The van der Waals surface area contributed by atoms with Crippen molar-refractivity contribution in [2.45, 2.75) is 25.2 Å². The lowest BCUT2D eigenvalue weighted by Crippen LogP contribution is -2.18. The van der Waals surface area contributed by atoms with E-state index >= 15 is 0 Å². The molecular weight excluding hydrogens is 224 g/mol. The monoisotopic (exact) mass is 241 g/mol. The minimum atomic E-state index is -2.93. The first-order valence-corrected chi connectivity index (χ1v) is 5.98. The van der Waals surface area contributed by atoms with Gasteiger partial charge in [0.25, 0.3) is 5.92 Å². The van der Waals surface area contributed by atoms with E-state index in [1.54, 1.807) is 12.1 Å². The van der Waals surface area contributed by atoms with Crippen LogP contribution < -0.4 is 4.90 Å². The van der Waals surface area contributed by atoms with Crippen molar-refractivity contribution in [2.24, 2.45) is 0 Å². The molecule has 1 heterocycles. The Labute approximate surface area is 99.9 Å². The van der Waals surface area contributed by atoms with Crippen molar-refractivity contribution in [1.82, 2.24) is 0 Å². The second kappa shape index (κ2) is 5.00. The molecule has 1 saturated heterocycles. The minimum Gasteiger partial charge on any atom is -0.396 e. The standard InChI is InChI=1S/C13H17F2NO/c14-13(15,7-10-17)11-3-5-12(6-4-11)16-8-1-2-9-16/h3-6,17H,1-2,7-10H2. The van der Waals surface area contributed by atoms with Crippen LogP contribution >= 0.6 is 0 Å². The van der Waals surface area contributed by atoms with Crippen molar-refractivity contribution in [3.8, 4) is 0 Å².